The maximum Gasteiger partial charge on any atom is 0.0469 e. The van der Waals surface area contributed by atoms with Crippen molar-refractivity contribution in [2.45, 2.75) is 32.1 Å². The predicted octanol–water partition coefficient (Wildman–Crippen LogP) is 1.39. The molecule has 2 fully saturated rings. The van der Waals surface area contributed by atoms with Crippen LogP contribution in [0, 0.1) is 11.3 Å². The zero-order valence-corrected chi connectivity index (χ0v) is 10.6. The van der Waals surface area contributed by atoms with Gasteiger partial charge < -0.3 is 15.4 Å². The van der Waals surface area contributed by atoms with Gasteiger partial charge in [0.05, 0.1) is 0 Å². The molecule has 2 N–H and O–H groups in total. The van der Waals surface area contributed by atoms with Crippen LogP contribution in [0.1, 0.15) is 32.1 Å². The van der Waals surface area contributed by atoms with Gasteiger partial charge in [-0.25, -0.2) is 0 Å². The zero-order chi connectivity index (χ0) is 11.3. The second kappa shape index (κ2) is 5.99. The summed E-state index contributed by atoms with van der Waals surface area (Å²) in [6.07, 6.45) is 6.70. The summed E-state index contributed by atoms with van der Waals surface area (Å²) in [4.78, 5) is 0. The number of nitrogens with one attached hydrogen (secondary N) is 2. The van der Waals surface area contributed by atoms with Crippen LogP contribution in [-0.4, -0.2) is 39.9 Å². The minimum atomic E-state index is 0.569. The monoisotopic (exact) mass is 226 g/mol. The maximum absolute atomic E-state index is 5.38. The van der Waals surface area contributed by atoms with Crippen LogP contribution >= 0.6 is 0 Å². The molecule has 1 aliphatic heterocycles. The highest BCUT2D eigenvalue weighted by Crippen LogP contribution is 2.39. The summed E-state index contributed by atoms with van der Waals surface area (Å²) in [5, 5.41) is 7.03. The molecule has 2 rings (SSSR count). The van der Waals surface area contributed by atoms with Crippen molar-refractivity contribution in [2.24, 2.45) is 11.3 Å². The lowest BCUT2D eigenvalue weighted by Gasteiger charge is -2.42. The molecule has 1 heterocycles. The van der Waals surface area contributed by atoms with Gasteiger partial charge in [0, 0.05) is 26.3 Å². The molecule has 0 unspecified atom stereocenters. The van der Waals surface area contributed by atoms with E-state index in [-0.39, 0.29) is 0 Å². The van der Waals surface area contributed by atoms with E-state index < -0.39 is 0 Å². The molecule has 0 aromatic heterocycles. The summed E-state index contributed by atoms with van der Waals surface area (Å²) in [6.45, 7) is 5.50. The first-order valence-electron chi connectivity index (χ1n) is 6.78. The fourth-order valence-electron chi connectivity index (χ4n) is 2.96. The van der Waals surface area contributed by atoms with E-state index in [2.05, 4.69) is 17.7 Å². The van der Waals surface area contributed by atoms with Gasteiger partial charge in [0.1, 0.15) is 0 Å². The molecule has 0 bridgehead atoms. The van der Waals surface area contributed by atoms with Crippen LogP contribution in [0.15, 0.2) is 0 Å². The van der Waals surface area contributed by atoms with Crippen molar-refractivity contribution in [1.82, 2.24) is 10.6 Å². The standard InChI is InChI=1S/C13H26N2O/c1-14-10-13(5-2-6-13)11-15-9-12-3-7-16-8-4-12/h12,14-15H,2-11H2,1H3. The molecule has 0 spiro atoms. The van der Waals surface area contributed by atoms with Crippen molar-refractivity contribution in [3.05, 3.63) is 0 Å². The average molecular weight is 226 g/mol. The molecule has 94 valence electrons. The van der Waals surface area contributed by atoms with Gasteiger partial charge in [0.15, 0.2) is 0 Å². The number of ether oxygens (including phenoxy) is 1. The van der Waals surface area contributed by atoms with Crippen LogP contribution in [0.4, 0.5) is 0 Å². The minimum Gasteiger partial charge on any atom is -0.381 e. The third-order valence-electron chi connectivity index (χ3n) is 4.24. The SMILES string of the molecule is CNCC1(CNCC2CCOCC2)CCC1. The van der Waals surface area contributed by atoms with Crippen LogP contribution in [0.25, 0.3) is 0 Å². The van der Waals surface area contributed by atoms with Gasteiger partial charge in [0.2, 0.25) is 0 Å². The van der Waals surface area contributed by atoms with Gasteiger partial charge in [0.25, 0.3) is 0 Å². The van der Waals surface area contributed by atoms with Crippen molar-refractivity contribution in [1.29, 1.82) is 0 Å². The first-order chi connectivity index (χ1) is 7.85. The second-order valence-corrected chi connectivity index (χ2v) is 5.57. The molecular weight excluding hydrogens is 200 g/mol. The van der Waals surface area contributed by atoms with Gasteiger partial charge in [-0.1, -0.05) is 6.42 Å². The maximum atomic E-state index is 5.38. The largest absolute Gasteiger partial charge is 0.381 e. The first-order valence-corrected chi connectivity index (χ1v) is 6.78. The lowest BCUT2D eigenvalue weighted by molar-refractivity contribution is 0.0628. The Kier molecular flexibility index (Phi) is 4.62. The molecule has 0 atom stereocenters. The van der Waals surface area contributed by atoms with Crippen LogP contribution in [0.5, 0.6) is 0 Å². The molecule has 1 saturated heterocycles. The van der Waals surface area contributed by atoms with Crippen LogP contribution < -0.4 is 10.6 Å². The van der Waals surface area contributed by atoms with E-state index in [1.807, 2.05) is 0 Å². The van der Waals surface area contributed by atoms with Crippen molar-refractivity contribution in [2.75, 3.05) is 39.9 Å². The molecule has 0 aromatic carbocycles. The summed E-state index contributed by atoms with van der Waals surface area (Å²) in [7, 11) is 2.07. The summed E-state index contributed by atoms with van der Waals surface area (Å²) >= 11 is 0. The first kappa shape index (κ1) is 12.3. The van der Waals surface area contributed by atoms with Gasteiger partial charge in [-0.2, -0.15) is 0 Å². The highest BCUT2D eigenvalue weighted by atomic mass is 16.5. The minimum absolute atomic E-state index is 0.569. The average Bonchev–Trinajstić information content (AvgIpc) is 2.27. The van der Waals surface area contributed by atoms with E-state index in [1.54, 1.807) is 0 Å². The topological polar surface area (TPSA) is 33.3 Å². The fourth-order valence-corrected chi connectivity index (χ4v) is 2.96. The van der Waals surface area contributed by atoms with Crippen LogP contribution in [-0.2, 0) is 4.74 Å². The fraction of sp³-hybridized carbons (Fsp3) is 1.00. The van der Waals surface area contributed by atoms with Crippen molar-refractivity contribution < 1.29 is 4.74 Å². The Balaban J connectivity index is 1.62. The third-order valence-corrected chi connectivity index (χ3v) is 4.24. The molecule has 3 heteroatoms. The highest BCUT2D eigenvalue weighted by molar-refractivity contribution is 4.91. The Morgan fingerprint density at radius 2 is 1.94 bits per heavy atom. The molecule has 16 heavy (non-hydrogen) atoms. The Hall–Kier alpha value is -0.120. The van der Waals surface area contributed by atoms with Gasteiger partial charge >= 0.3 is 0 Å². The summed E-state index contributed by atoms with van der Waals surface area (Å²) in [5.74, 6) is 0.848. The molecule has 3 nitrogen and oxygen atoms in total. The highest BCUT2D eigenvalue weighted by Gasteiger charge is 2.35. The van der Waals surface area contributed by atoms with E-state index in [4.69, 9.17) is 4.74 Å². The Morgan fingerprint density at radius 3 is 2.50 bits per heavy atom. The Morgan fingerprint density at radius 1 is 1.19 bits per heavy atom. The van der Waals surface area contributed by atoms with Crippen molar-refractivity contribution in [3.8, 4) is 0 Å². The van der Waals surface area contributed by atoms with Gasteiger partial charge in [-0.05, 0) is 50.6 Å². The van der Waals surface area contributed by atoms with Crippen molar-refractivity contribution >= 4 is 0 Å². The molecule has 2 aliphatic rings. The van der Waals surface area contributed by atoms with E-state index in [0.29, 0.717) is 5.41 Å². The normalized spacial score (nSPS) is 25.3. The lowest BCUT2D eigenvalue weighted by atomic mass is 9.68. The van der Waals surface area contributed by atoms with Gasteiger partial charge in [-0.15, -0.1) is 0 Å². The smallest absolute Gasteiger partial charge is 0.0469 e. The van der Waals surface area contributed by atoms with E-state index in [0.717, 1.165) is 19.1 Å². The number of hydrogen-bond acceptors (Lipinski definition) is 3. The molecule has 0 amide bonds. The van der Waals surface area contributed by atoms with Crippen molar-refractivity contribution in [3.63, 3.8) is 0 Å². The molecule has 1 aliphatic carbocycles. The second-order valence-electron chi connectivity index (χ2n) is 5.57. The van der Waals surface area contributed by atoms with Crippen LogP contribution in [0.3, 0.4) is 0 Å². The van der Waals surface area contributed by atoms with E-state index in [1.165, 1.54) is 51.7 Å². The molecule has 1 saturated carbocycles. The summed E-state index contributed by atoms with van der Waals surface area (Å²) in [6, 6.07) is 0. The zero-order valence-electron chi connectivity index (χ0n) is 10.6. The Labute approximate surface area is 99.3 Å². The van der Waals surface area contributed by atoms with Crippen LogP contribution in [0.2, 0.25) is 0 Å². The van der Waals surface area contributed by atoms with Gasteiger partial charge in [-0.3, -0.25) is 0 Å². The quantitative estimate of drug-likeness (QED) is 0.718. The summed E-state index contributed by atoms with van der Waals surface area (Å²) in [5.41, 5.74) is 0.569. The predicted molar refractivity (Wildman–Crippen MR) is 66.6 cm³/mol. The third kappa shape index (κ3) is 3.19. The number of hydrogen-bond donors (Lipinski definition) is 2. The van der Waals surface area contributed by atoms with E-state index >= 15 is 0 Å². The summed E-state index contributed by atoms with van der Waals surface area (Å²) < 4.78 is 5.38. The molecular formula is C13H26N2O. The lowest BCUT2D eigenvalue weighted by Crippen LogP contribution is -2.47. The molecule has 0 radical (unpaired) electrons. The number of rotatable bonds is 6. The van der Waals surface area contributed by atoms with E-state index in [9.17, 15) is 0 Å². The Bertz CT molecular complexity index is 198. The molecule has 0 aromatic rings.